The molecule has 7 N–H and O–H groups in total. The van der Waals surface area contributed by atoms with Crippen LogP contribution in [0.4, 0.5) is 0 Å². The SMILES string of the molecule is C/C(N)=N/N=C/C(C)(C)C.CC(=N)C(C)(C)C.CC(=N)c1ccc(OC(C)(C)C)cc1.CC(C)(C)C1=NCCN1.CC(N)=NC(C)(C)C. The molecule has 0 fully saturated rings. The van der Waals surface area contributed by atoms with E-state index in [-0.39, 0.29) is 27.4 Å². The number of rotatable bonds is 3. The molecule has 0 spiro atoms. The van der Waals surface area contributed by atoms with Crippen LogP contribution in [0.5, 0.6) is 5.75 Å². The third-order valence-electron chi connectivity index (χ3n) is 5.39. The van der Waals surface area contributed by atoms with Crippen molar-refractivity contribution in [3.8, 4) is 5.75 Å². The van der Waals surface area contributed by atoms with Gasteiger partial charge in [-0.05, 0) is 110 Å². The Morgan fingerprint density at radius 3 is 1.46 bits per heavy atom. The molecule has 1 heterocycles. The highest BCUT2D eigenvalue weighted by Gasteiger charge is 2.20. The number of nitrogens with one attached hydrogen (secondary N) is 3. The van der Waals surface area contributed by atoms with E-state index in [1.54, 1.807) is 27.0 Å². The third-order valence-corrected chi connectivity index (χ3v) is 5.39. The fraction of sp³-hybridized carbons (Fsp3) is 0.684. The van der Waals surface area contributed by atoms with Gasteiger partial charge >= 0.3 is 0 Å². The molecule has 48 heavy (non-hydrogen) atoms. The van der Waals surface area contributed by atoms with Gasteiger partial charge in [-0.15, -0.1) is 5.10 Å². The molecule has 2 rings (SSSR count). The van der Waals surface area contributed by atoms with Crippen molar-refractivity contribution in [1.82, 2.24) is 5.32 Å². The highest BCUT2D eigenvalue weighted by Crippen LogP contribution is 2.19. The van der Waals surface area contributed by atoms with Crippen molar-refractivity contribution in [1.29, 1.82) is 10.8 Å². The molecule has 0 radical (unpaired) electrons. The first kappa shape index (κ1) is 48.8. The smallest absolute Gasteiger partial charge is 0.120 e. The fourth-order valence-corrected chi connectivity index (χ4v) is 2.85. The summed E-state index contributed by atoms with van der Waals surface area (Å²) in [4.78, 5) is 8.42. The van der Waals surface area contributed by atoms with Gasteiger partial charge in [0.25, 0.3) is 0 Å². The first-order valence-corrected chi connectivity index (χ1v) is 16.6. The minimum atomic E-state index is -0.165. The van der Waals surface area contributed by atoms with Crippen molar-refractivity contribution in [3.05, 3.63) is 29.8 Å². The number of nitrogens with zero attached hydrogens (tertiary/aromatic N) is 4. The number of aliphatic imine (C=N–C) groups is 2. The summed E-state index contributed by atoms with van der Waals surface area (Å²) in [5.74, 6) is 3.14. The largest absolute Gasteiger partial charge is 0.488 e. The summed E-state index contributed by atoms with van der Waals surface area (Å²) in [6.45, 7) is 40.0. The predicted molar refractivity (Wildman–Crippen MR) is 214 cm³/mol. The van der Waals surface area contributed by atoms with Gasteiger partial charge < -0.3 is 32.3 Å². The highest BCUT2D eigenvalue weighted by atomic mass is 16.5. The van der Waals surface area contributed by atoms with E-state index in [4.69, 9.17) is 27.0 Å². The Labute approximate surface area is 294 Å². The number of nitrogens with two attached hydrogens (primary N) is 2. The van der Waals surface area contributed by atoms with Gasteiger partial charge in [0.1, 0.15) is 23.0 Å². The Morgan fingerprint density at radius 2 is 1.25 bits per heavy atom. The van der Waals surface area contributed by atoms with Crippen LogP contribution in [0.1, 0.15) is 137 Å². The average Bonchev–Trinajstić information content (AvgIpc) is 3.38. The molecule has 10 heteroatoms. The molecule has 0 amide bonds. The van der Waals surface area contributed by atoms with Crippen molar-refractivity contribution in [3.63, 3.8) is 0 Å². The standard InChI is InChI=1S/C12H17NO.C7H15N3.C7H14N2.C6H14N2.C6H13N/c1-9(13)10-5-7-11(8-6-10)14-12(2,3)4;1-6(8)10-9-5-7(2,3)4;1-7(2,3)6-8-4-5-9-6;1-5(7)8-6(2,3)4;1-5(7)6(2,3)4/h5-8,13H,1-4H3;5H,1-4H3,(H2,8,10);4-5H2,1-3H3,(H,8,9);1-4H3,(H2,7,8);7H,1-4H3/b;9-5+;;;. The van der Waals surface area contributed by atoms with Crippen molar-refractivity contribution in [2.45, 2.75) is 143 Å². The van der Waals surface area contributed by atoms with Crippen LogP contribution in [0, 0.1) is 27.1 Å². The summed E-state index contributed by atoms with van der Waals surface area (Å²) in [5, 5.41) is 25.3. The van der Waals surface area contributed by atoms with E-state index < -0.39 is 0 Å². The van der Waals surface area contributed by atoms with Crippen LogP contribution in [0.25, 0.3) is 0 Å². The molecule has 1 aromatic rings. The van der Waals surface area contributed by atoms with Crippen molar-refractivity contribution in [2.24, 2.45) is 47.9 Å². The number of ether oxygens (including phenoxy) is 1. The predicted octanol–water partition coefficient (Wildman–Crippen LogP) is 8.92. The molecule has 0 aliphatic carbocycles. The Hall–Kier alpha value is -3.56. The summed E-state index contributed by atoms with van der Waals surface area (Å²) in [6.07, 6.45) is 1.77. The van der Waals surface area contributed by atoms with Crippen LogP contribution < -0.4 is 21.5 Å². The zero-order valence-corrected chi connectivity index (χ0v) is 34.2. The zero-order valence-electron chi connectivity index (χ0n) is 34.2. The second-order valence-corrected chi connectivity index (χ2v) is 16.9. The zero-order chi connectivity index (χ0) is 38.7. The van der Waals surface area contributed by atoms with Gasteiger partial charge in [0, 0.05) is 29.6 Å². The second kappa shape index (κ2) is 21.4. The lowest BCUT2D eigenvalue weighted by atomic mass is 9.91. The van der Waals surface area contributed by atoms with Crippen LogP contribution in [-0.2, 0) is 0 Å². The molecule has 0 unspecified atom stereocenters. The first-order valence-electron chi connectivity index (χ1n) is 16.6. The van der Waals surface area contributed by atoms with Gasteiger partial charge in [-0.3, -0.25) is 9.98 Å². The first-order chi connectivity index (χ1) is 21.3. The minimum absolute atomic E-state index is 0.0150. The highest BCUT2D eigenvalue weighted by molar-refractivity contribution is 5.96. The fourth-order valence-electron chi connectivity index (χ4n) is 2.85. The Balaban J connectivity index is -0.000000540. The molecule has 0 saturated heterocycles. The molecule has 0 bridgehead atoms. The number of amidine groups is 3. The summed E-state index contributed by atoms with van der Waals surface area (Å²) in [6, 6.07) is 7.62. The summed E-state index contributed by atoms with van der Waals surface area (Å²) >= 11 is 0. The Morgan fingerprint density at radius 1 is 0.792 bits per heavy atom. The van der Waals surface area contributed by atoms with Crippen molar-refractivity contribution >= 4 is 35.1 Å². The maximum absolute atomic E-state index is 7.44. The van der Waals surface area contributed by atoms with E-state index >= 15 is 0 Å². The lowest BCUT2D eigenvalue weighted by Crippen LogP contribution is -2.31. The quantitative estimate of drug-likeness (QED) is 0.123. The number of hydrogen-bond acceptors (Lipinski definition) is 8. The molecule has 0 saturated carbocycles. The van der Waals surface area contributed by atoms with Gasteiger partial charge in [0.05, 0.1) is 17.9 Å². The normalized spacial score (nSPS) is 13.9. The molecule has 0 aromatic heterocycles. The van der Waals surface area contributed by atoms with E-state index in [0.717, 1.165) is 35.9 Å². The topological polar surface area (TPSA) is 170 Å². The van der Waals surface area contributed by atoms with Gasteiger partial charge in [0.15, 0.2) is 0 Å². The van der Waals surface area contributed by atoms with Crippen LogP contribution >= 0.6 is 0 Å². The molecule has 0 atom stereocenters. The minimum Gasteiger partial charge on any atom is -0.488 e. The third kappa shape index (κ3) is 33.8. The summed E-state index contributed by atoms with van der Waals surface area (Å²) < 4.78 is 5.67. The monoisotopic (exact) mass is 672 g/mol. The summed E-state index contributed by atoms with van der Waals surface area (Å²) in [7, 11) is 0. The maximum Gasteiger partial charge on any atom is 0.120 e. The van der Waals surface area contributed by atoms with Gasteiger partial charge in [-0.2, -0.15) is 5.10 Å². The second-order valence-electron chi connectivity index (χ2n) is 16.9. The lowest BCUT2D eigenvalue weighted by molar-refractivity contribution is 0.131. The van der Waals surface area contributed by atoms with Gasteiger partial charge in [-0.1, -0.05) is 62.3 Å². The van der Waals surface area contributed by atoms with Crippen LogP contribution in [0.3, 0.4) is 0 Å². The Bertz CT molecular complexity index is 1200. The number of hydrogen-bond donors (Lipinski definition) is 5. The van der Waals surface area contributed by atoms with E-state index in [1.165, 1.54) is 0 Å². The maximum atomic E-state index is 7.44. The molecular weight excluding hydrogens is 598 g/mol. The number of benzene rings is 1. The summed E-state index contributed by atoms with van der Waals surface area (Å²) in [5.41, 5.74) is 13.0. The molecular formula is C38H73N9O. The molecule has 276 valence electrons. The van der Waals surface area contributed by atoms with E-state index in [9.17, 15) is 0 Å². The average molecular weight is 672 g/mol. The molecule has 1 aliphatic heterocycles. The van der Waals surface area contributed by atoms with Crippen LogP contribution in [-0.4, -0.2) is 59.4 Å². The molecule has 1 aromatic carbocycles. The van der Waals surface area contributed by atoms with Crippen molar-refractivity contribution in [2.75, 3.05) is 13.1 Å². The van der Waals surface area contributed by atoms with Crippen LogP contribution in [0.15, 0.2) is 44.5 Å². The van der Waals surface area contributed by atoms with E-state index in [2.05, 4.69) is 67.0 Å². The van der Waals surface area contributed by atoms with Crippen LogP contribution in [0.2, 0.25) is 0 Å². The Kier molecular flexibility index (Phi) is 21.8. The molecule has 1 aliphatic rings. The van der Waals surface area contributed by atoms with E-state index in [1.807, 2.05) is 93.5 Å². The molecule has 10 nitrogen and oxygen atoms in total. The van der Waals surface area contributed by atoms with E-state index in [0.29, 0.717) is 17.4 Å². The van der Waals surface area contributed by atoms with Gasteiger partial charge in [0.2, 0.25) is 0 Å². The lowest BCUT2D eigenvalue weighted by Gasteiger charge is -2.21. The van der Waals surface area contributed by atoms with Gasteiger partial charge in [-0.25, -0.2) is 0 Å². The van der Waals surface area contributed by atoms with Crippen molar-refractivity contribution < 1.29 is 4.74 Å².